The number of nitrogen functional groups attached to an aromatic ring is 1. The third kappa shape index (κ3) is 2.45. The van der Waals surface area contributed by atoms with Crippen molar-refractivity contribution in [1.82, 2.24) is 4.98 Å². The van der Waals surface area contributed by atoms with Gasteiger partial charge in [-0.3, -0.25) is 4.79 Å². The molecule has 1 rings (SSSR count). The summed E-state index contributed by atoms with van der Waals surface area (Å²) in [5.74, 6) is 0.465. The molecule has 0 radical (unpaired) electrons. The van der Waals surface area contributed by atoms with Crippen LogP contribution >= 0.6 is 0 Å². The average molecular weight is 193 g/mol. The van der Waals surface area contributed by atoms with Crippen molar-refractivity contribution in [2.75, 3.05) is 11.1 Å². The number of hydrogen-bond acceptors (Lipinski definition) is 3. The first kappa shape index (κ1) is 10.5. The maximum atomic E-state index is 11.3. The topological polar surface area (TPSA) is 68.0 Å². The molecular formula is C10H15N3O. The summed E-state index contributed by atoms with van der Waals surface area (Å²) < 4.78 is 0. The van der Waals surface area contributed by atoms with Crippen LogP contribution in [0.1, 0.15) is 19.5 Å². The van der Waals surface area contributed by atoms with E-state index in [0.717, 1.165) is 5.69 Å². The van der Waals surface area contributed by atoms with Crippen molar-refractivity contribution in [2.24, 2.45) is 5.92 Å². The minimum Gasteiger partial charge on any atom is -0.397 e. The normalized spacial score (nSPS) is 10.3. The third-order valence-electron chi connectivity index (χ3n) is 1.90. The van der Waals surface area contributed by atoms with Crippen LogP contribution < -0.4 is 11.1 Å². The molecule has 0 saturated carbocycles. The Balaban J connectivity index is 2.78. The minimum absolute atomic E-state index is 0.0401. The fourth-order valence-corrected chi connectivity index (χ4v) is 0.912. The Labute approximate surface area is 83.5 Å². The van der Waals surface area contributed by atoms with Crippen molar-refractivity contribution < 1.29 is 4.79 Å². The summed E-state index contributed by atoms with van der Waals surface area (Å²) in [6, 6.07) is 3.43. The zero-order valence-electron chi connectivity index (χ0n) is 8.66. The highest BCUT2D eigenvalue weighted by atomic mass is 16.1. The van der Waals surface area contributed by atoms with Gasteiger partial charge in [-0.05, 0) is 19.1 Å². The predicted octanol–water partition coefficient (Wildman–Crippen LogP) is 1.57. The van der Waals surface area contributed by atoms with E-state index in [1.54, 1.807) is 19.1 Å². The number of nitrogens with zero attached hydrogens (tertiary/aromatic N) is 1. The number of carbonyl (C=O) groups excluding carboxylic acids is 1. The van der Waals surface area contributed by atoms with E-state index >= 15 is 0 Å². The maximum Gasteiger partial charge on any atom is 0.228 e. The summed E-state index contributed by atoms with van der Waals surface area (Å²) in [6.07, 6.45) is 0. The van der Waals surface area contributed by atoms with E-state index in [2.05, 4.69) is 10.3 Å². The number of carbonyl (C=O) groups is 1. The summed E-state index contributed by atoms with van der Waals surface area (Å²) >= 11 is 0. The van der Waals surface area contributed by atoms with Crippen molar-refractivity contribution in [1.29, 1.82) is 0 Å². The highest BCUT2D eigenvalue weighted by Crippen LogP contribution is 2.12. The number of pyridine rings is 1. The van der Waals surface area contributed by atoms with Gasteiger partial charge in [0.05, 0.1) is 11.4 Å². The van der Waals surface area contributed by atoms with Crippen molar-refractivity contribution in [3.8, 4) is 0 Å². The van der Waals surface area contributed by atoms with Gasteiger partial charge in [0.1, 0.15) is 5.82 Å². The summed E-state index contributed by atoms with van der Waals surface area (Å²) in [5.41, 5.74) is 6.96. The van der Waals surface area contributed by atoms with Gasteiger partial charge in [-0.1, -0.05) is 13.8 Å². The summed E-state index contributed by atoms with van der Waals surface area (Å²) in [5, 5.41) is 2.70. The lowest BCUT2D eigenvalue weighted by molar-refractivity contribution is -0.118. The SMILES string of the molecule is Cc1nc(NC(=O)C(C)C)ccc1N. The minimum atomic E-state index is -0.0466. The molecule has 1 amide bonds. The van der Waals surface area contributed by atoms with Gasteiger partial charge in [-0.2, -0.15) is 0 Å². The molecule has 14 heavy (non-hydrogen) atoms. The Morgan fingerprint density at radius 3 is 2.64 bits per heavy atom. The van der Waals surface area contributed by atoms with Crippen LogP contribution in [-0.2, 0) is 4.79 Å². The second kappa shape index (κ2) is 4.09. The molecule has 3 N–H and O–H groups in total. The number of hydrogen-bond donors (Lipinski definition) is 2. The molecule has 0 atom stereocenters. The summed E-state index contributed by atoms with van der Waals surface area (Å²) in [4.78, 5) is 15.5. The lowest BCUT2D eigenvalue weighted by atomic mass is 10.2. The zero-order valence-corrected chi connectivity index (χ0v) is 8.66. The van der Waals surface area contributed by atoms with E-state index in [9.17, 15) is 4.79 Å². The summed E-state index contributed by atoms with van der Waals surface area (Å²) in [7, 11) is 0. The second-order valence-electron chi connectivity index (χ2n) is 3.52. The van der Waals surface area contributed by atoms with E-state index in [0.29, 0.717) is 11.5 Å². The van der Waals surface area contributed by atoms with Crippen molar-refractivity contribution in [3.63, 3.8) is 0 Å². The van der Waals surface area contributed by atoms with Crippen LogP contribution in [0.15, 0.2) is 12.1 Å². The van der Waals surface area contributed by atoms with Crippen LogP contribution in [0.5, 0.6) is 0 Å². The molecule has 0 fully saturated rings. The van der Waals surface area contributed by atoms with Gasteiger partial charge in [-0.25, -0.2) is 4.98 Å². The molecule has 0 aliphatic rings. The van der Waals surface area contributed by atoms with Crippen molar-refractivity contribution in [3.05, 3.63) is 17.8 Å². The van der Waals surface area contributed by atoms with Gasteiger partial charge < -0.3 is 11.1 Å². The Kier molecular flexibility index (Phi) is 3.06. The van der Waals surface area contributed by atoms with Gasteiger partial charge in [0.25, 0.3) is 0 Å². The molecule has 0 aromatic carbocycles. The first-order valence-electron chi connectivity index (χ1n) is 4.54. The van der Waals surface area contributed by atoms with Crippen LogP contribution in [0.4, 0.5) is 11.5 Å². The number of amides is 1. The Morgan fingerprint density at radius 1 is 1.50 bits per heavy atom. The average Bonchev–Trinajstić information content (AvgIpc) is 2.11. The second-order valence-corrected chi connectivity index (χ2v) is 3.52. The first-order valence-corrected chi connectivity index (χ1v) is 4.54. The van der Waals surface area contributed by atoms with E-state index in [4.69, 9.17) is 5.73 Å². The Hall–Kier alpha value is -1.58. The summed E-state index contributed by atoms with van der Waals surface area (Å²) in [6.45, 7) is 5.47. The number of rotatable bonds is 2. The van der Waals surface area contributed by atoms with Crippen LogP contribution in [0.3, 0.4) is 0 Å². The molecule has 0 saturated heterocycles. The number of anilines is 2. The highest BCUT2D eigenvalue weighted by molar-refractivity contribution is 5.91. The number of aromatic nitrogens is 1. The molecule has 1 heterocycles. The molecule has 1 aromatic rings. The van der Waals surface area contributed by atoms with Crippen molar-refractivity contribution >= 4 is 17.4 Å². The quantitative estimate of drug-likeness (QED) is 0.749. The van der Waals surface area contributed by atoms with Crippen molar-refractivity contribution in [2.45, 2.75) is 20.8 Å². The predicted molar refractivity (Wildman–Crippen MR) is 56.9 cm³/mol. The molecule has 1 aromatic heterocycles. The smallest absolute Gasteiger partial charge is 0.228 e. The number of aryl methyl sites for hydroxylation is 1. The largest absolute Gasteiger partial charge is 0.397 e. The van der Waals surface area contributed by atoms with E-state index in [1.165, 1.54) is 0 Å². The fourth-order valence-electron chi connectivity index (χ4n) is 0.912. The molecule has 0 aliphatic carbocycles. The van der Waals surface area contributed by atoms with Crippen LogP contribution in [-0.4, -0.2) is 10.9 Å². The van der Waals surface area contributed by atoms with Gasteiger partial charge in [0.15, 0.2) is 0 Å². The van der Waals surface area contributed by atoms with Gasteiger partial charge >= 0.3 is 0 Å². The Morgan fingerprint density at radius 2 is 2.14 bits per heavy atom. The zero-order chi connectivity index (χ0) is 10.7. The van der Waals surface area contributed by atoms with E-state index in [-0.39, 0.29) is 11.8 Å². The fraction of sp³-hybridized carbons (Fsp3) is 0.400. The molecule has 0 spiro atoms. The molecule has 4 nitrogen and oxygen atoms in total. The molecule has 4 heteroatoms. The molecule has 0 unspecified atom stereocenters. The van der Waals surface area contributed by atoms with Crippen LogP contribution in [0.2, 0.25) is 0 Å². The molecular weight excluding hydrogens is 178 g/mol. The lowest BCUT2D eigenvalue weighted by Crippen LogP contribution is -2.18. The molecule has 0 bridgehead atoms. The van der Waals surface area contributed by atoms with Crippen LogP contribution in [0, 0.1) is 12.8 Å². The molecule has 0 aliphatic heterocycles. The first-order chi connectivity index (χ1) is 6.50. The van der Waals surface area contributed by atoms with E-state index in [1.807, 2.05) is 13.8 Å². The maximum absolute atomic E-state index is 11.3. The van der Waals surface area contributed by atoms with Gasteiger partial charge in [0, 0.05) is 5.92 Å². The lowest BCUT2D eigenvalue weighted by Gasteiger charge is -2.08. The molecule has 76 valence electrons. The number of nitrogens with two attached hydrogens (primary N) is 1. The van der Waals surface area contributed by atoms with Crippen LogP contribution in [0.25, 0.3) is 0 Å². The highest BCUT2D eigenvalue weighted by Gasteiger charge is 2.07. The van der Waals surface area contributed by atoms with Gasteiger partial charge in [0.2, 0.25) is 5.91 Å². The van der Waals surface area contributed by atoms with E-state index < -0.39 is 0 Å². The third-order valence-corrected chi connectivity index (χ3v) is 1.90. The number of nitrogens with one attached hydrogen (secondary N) is 1. The Bertz CT molecular complexity index is 347. The standard InChI is InChI=1S/C10H15N3O/c1-6(2)10(14)13-9-5-4-8(11)7(3)12-9/h4-6H,11H2,1-3H3,(H,12,13,14). The van der Waals surface area contributed by atoms with Gasteiger partial charge in [-0.15, -0.1) is 0 Å². The monoisotopic (exact) mass is 193 g/mol.